The van der Waals surface area contributed by atoms with E-state index in [1.807, 2.05) is 72.8 Å². The minimum atomic E-state index is 0.297. The lowest BCUT2D eigenvalue weighted by Crippen LogP contribution is -2.37. The van der Waals surface area contributed by atoms with Crippen LogP contribution >= 0.6 is 0 Å². The smallest absolute Gasteiger partial charge is 0.250 e. The second-order valence-corrected chi connectivity index (χ2v) is 11.9. The standard InChI is InChI=1S/C36H40N14O4/c1-51-29-11-7-27(8-12-29)39-31-41-33(45-35(43-31)49-15-19-53-20-16-49)47-37-23-25-3-5-26(6-4-25)24-38-48-34-42-32(40-28-9-13-30(52-2)14-10-28)44-36(46-34)50-17-21-54-22-18-50/h3-14,23-24H,15-22H2,1-2H3,(H2,39,41,43,45,47)(H2,40,42,44,46,48). The monoisotopic (exact) mass is 732 g/mol. The predicted octanol–water partition coefficient (Wildman–Crippen LogP) is 4.13. The molecule has 2 aromatic heterocycles. The van der Waals surface area contributed by atoms with E-state index in [-0.39, 0.29) is 0 Å². The molecule has 0 unspecified atom stereocenters. The van der Waals surface area contributed by atoms with Crippen LogP contribution in [0.15, 0.2) is 83.0 Å². The van der Waals surface area contributed by atoms with Gasteiger partial charge in [-0.2, -0.15) is 40.1 Å². The number of nitrogens with one attached hydrogen (secondary N) is 4. The van der Waals surface area contributed by atoms with Gasteiger partial charge in [0, 0.05) is 37.6 Å². The number of nitrogens with zero attached hydrogens (tertiary/aromatic N) is 10. The molecular weight excluding hydrogens is 692 g/mol. The Hall–Kier alpha value is -6.66. The molecule has 54 heavy (non-hydrogen) atoms. The minimum Gasteiger partial charge on any atom is -0.497 e. The molecule has 0 saturated carbocycles. The summed E-state index contributed by atoms with van der Waals surface area (Å²) in [5.74, 6) is 3.92. The predicted molar refractivity (Wildman–Crippen MR) is 207 cm³/mol. The Balaban J connectivity index is 0.996. The Morgan fingerprint density at radius 2 is 0.889 bits per heavy atom. The van der Waals surface area contributed by atoms with Crippen molar-refractivity contribution in [1.29, 1.82) is 0 Å². The molecule has 0 aliphatic carbocycles. The fourth-order valence-corrected chi connectivity index (χ4v) is 5.35. The van der Waals surface area contributed by atoms with Gasteiger partial charge in [0.05, 0.1) is 53.1 Å². The maximum Gasteiger partial charge on any atom is 0.250 e. The van der Waals surface area contributed by atoms with E-state index in [9.17, 15) is 0 Å². The van der Waals surface area contributed by atoms with Crippen LogP contribution in [0.25, 0.3) is 0 Å². The summed E-state index contributed by atoms with van der Waals surface area (Å²) in [6.07, 6.45) is 3.37. The van der Waals surface area contributed by atoms with E-state index in [1.165, 1.54) is 0 Å². The number of methoxy groups -OCH3 is 2. The van der Waals surface area contributed by atoms with Crippen LogP contribution in [0.1, 0.15) is 11.1 Å². The average Bonchev–Trinajstić information content (AvgIpc) is 3.22. The van der Waals surface area contributed by atoms with Crippen LogP contribution in [0.3, 0.4) is 0 Å². The summed E-state index contributed by atoms with van der Waals surface area (Å²) in [6, 6.07) is 22.7. The Morgan fingerprint density at radius 3 is 1.26 bits per heavy atom. The molecule has 0 bridgehead atoms. The first-order valence-corrected chi connectivity index (χ1v) is 17.3. The first kappa shape index (κ1) is 35.7. The molecular formula is C36H40N14O4. The van der Waals surface area contributed by atoms with Crippen molar-refractivity contribution >= 4 is 59.5 Å². The lowest BCUT2D eigenvalue weighted by Gasteiger charge is -2.27. The number of benzene rings is 3. The SMILES string of the molecule is COc1ccc(Nc2nc(NN=Cc3ccc(C=NNc4nc(Nc5ccc(OC)cc5)nc(N5CCOCC5)n4)cc3)nc(N3CCOCC3)n2)cc1. The zero-order valence-electron chi connectivity index (χ0n) is 29.8. The van der Waals surface area contributed by atoms with Crippen LogP contribution in [0.2, 0.25) is 0 Å². The molecule has 7 rings (SSSR count). The van der Waals surface area contributed by atoms with E-state index >= 15 is 0 Å². The highest BCUT2D eigenvalue weighted by Gasteiger charge is 2.18. The van der Waals surface area contributed by atoms with Gasteiger partial charge < -0.3 is 39.4 Å². The summed E-state index contributed by atoms with van der Waals surface area (Å²) < 4.78 is 21.5. The maximum atomic E-state index is 5.51. The number of hydrazone groups is 2. The highest BCUT2D eigenvalue weighted by molar-refractivity contribution is 5.84. The number of hydrogen-bond donors (Lipinski definition) is 4. The Morgan fingerprint density at radius 1 is 0.519 bits per heavy atom. The largest absolute Gasteiger partial charge is 0.497 e. The molecule has 0 atom stereocenters. The van der Waals surface area contributed by atoms with Crippen LogP contribution in [-0.2, 0) is 9.47 Å². The molecule has 18 heteroatoms. The molecule has 2 fully saturated rings. The van der Waals surface area contributed by atoms with Crippen LogP contribution in [-0.4, -0.2) is 109 Å². The molecule has 278 valence electrons. The number of morpholine rings is 2. The first-order chi connectivity index (χ1) is 26.6. The maximum absolute atomic E-state index is 5.51. The molecule has 4 heterocycles. The lowest BCUT2D eigenvalue weighted by atomic mass is 10.2. The number of aromatic nitrogens is 6. The molecule has 0 amide bonds. The van der Waals surface area contributed by atoms with Gasteiger partial charge in [0.2, 0.25) is 35.7 Å². The molecule has 2 aliphatic rings. The normalized spacial score (nSPS) is 14.6. The quantitative estimate of drug-likeness (QED) is 0.0940. The van der Waals surface area contributed by atoms with Crippen LogP contribution in [0.5, 0.6) is 11.5 Å². The fourth-order valence-electron chi connectivity index (χ4n) is 5.35. The number of hydrogen-bond acceptors (Lipinski definition) is 18. The molecule has 4 N–H and O–H groups in total. The molecule has 0 radical (unpaired) electrons. The molecule has 5 aromatic rings. The van der Waals surface area contributed by atoms with Crippen molar-refractivity contribution in [1.82, 2.24) is 29.9 Å². The van der Waals surface area contributed by atoms with E-state index in [1.54, 1.807) is 26.6 Å². The number of rotatable bonds is 14. The van der Waals surface area contributed by atoms with Gasteiger partial charge in [0.15, 0.2) is 0 Å². The summed E-state index contributed by atoms with van der Waals surface area (Å²) in [5.41, 5.74) is 9.22. The second kappa shape index (κ2) is 17.7. The number of ether oxygens (including phenoxy) is 4. The van der Waals surface area contributed by atoms with Crippen molar-refractivity contribution in [3.63, 3.8) is 0 Å². The molecule has 0 spiro atoms. The minimum absolute atomic E-state index is 0.297. The van der Waals surface area contributed by atoms with Gasteiger partial charge in [-0.3, -0.25) is 0 Å². The summed E-state index contributed by atoms with van der Waals surface area (Å²) in [5, 5.41) is 15.3. The van der Waals surface area contributed by atoms with Crippen molar-refractivity contribution in [2.45, 2.75) is 0 Å². The molecule has 3 aromatic carbocycles. The van der Waals surface area contributed by atoms with Gasteiger partial charge in [-0.1, -0.05) is 24.3 Å². The van der Waals surface area contributed by atoms with Crippen molar-refractivity contribution in [3.05, 3.63) is 83.9 Å². The van der Waals surface area contributed by atoms with E-state index in [2.05, 4.69) is 71.4 Å². The van der Waals surface area contributed by atoms with Gasteiger partial charge in [-0.25, -0.2) is 10.9 Å². The fraction of sp³-hybridized carbons (Fsp3) is 0.278. The zero-order chi connectivity index (χ0) is 37.0. The van der Waals surface area contributed by atoms with Crippen molar-refractivity contribution in [2.75, 3.05) is 98.1 Å². The van der Waals surface area contributed by atoms with Crippen LogP contribution < -0.4 is 40.8 Å². The topological polar surface area (TPSA) is 194 Å². The van der Waals surface area contributed by atoms with Crippen LogP contribution in [0, 0.1) is 0 Å². The van der Waals surface area contributed by atoms with Gasteiger partial charge in [-0.05, 0) is 59.7 Å². The second-order valence-electron chi connectivity index (χ2n) is 11.9. The summed E-state index contributed by atoms with van der Waals surface area (Å²) in [4.78, 5) is 31.7. The Bertz CT molecular complexity index is 1870. The van der Waals surface area contributed by atoms with Gasteiger partial charge in [0.1, 0.15) is 11.5 Å². The Kier molecular flexibility index (Phi) is 11.7. The van der Waals surface area contributed by atoms with Crippen LogP contribution in [0.4, 0.5) is 47.1 Å². The summed E-state index contributed by atoms with van der Waals surface area (Å²) >= 11 is 0. The summed E-state index contributed by atoms with van der Waals surface area (Å²) in [7, 11) is 3.26. The molecule has 18 nitrogen and oxygen atoms in total. The van der Waals surface area contributed by atoms with E-state index in [0.717, 1.165) is 34.0 Å². The van der Waals surface area contributed by atoms with E-state index in [0.29, 0.717) is 88.3 Å². The third-order valence-electron chi connectivity index (χ3n) is 8.22. The van der Waals surface area contributed by atoms with Crippen molar-refractivity contribution < 1.29 is 18.9 Å². The van der Waals surface area contributed by atoms with Gasteiger partial charge in [0.25, 0.3) is 0 Å². The third kappa shape index (κ3) is 9.81. The Labute approximate surface area is 311 Å². The third-order valence-corrected chi connectivity index (χ3v) is 8.22. The van der Waals surface area contributed by atoms with Crippen molar-refractivity contribution in [2.24, 2.45) is 10.2 Å². The summed E-state index contributed by atoms with van der Waals surface area (Å²) in [6.45, 7) is 5.09. The van der Waals surface area contributed by atoms with Gasteiger partial charge >= 0.3 is 0 Å². The van der Waals surface area contributed by atoms with Gasteiger partial charge in [-0.15, -0.1) is 0 Å². The van der Waals surface area contributed by atoms with E-state index in [4.69, 9.17) is 18.9 Å². The average molecular weight is 733 g/mol. The highest BCUT2D eigenvalue weighted by atomic mass is 16.5. The highest BCUT2D eigenvalue weighted by Crippen LogP contribution is 2.23. The molecule has 2 saturated heterocycles. The first-order valence-electron chi connectivity index (χ1n) is 17.3. The van der Waals surface area contributed by atoms with E-state index < -0.39 is 0 Å². The number of anilines is 8. The van der Waals surface area contributed by atoms with Crippen molar-refractivity contribution in [3.8, 4) is 11.5 Å². The zero-order valence-corrected chi connectivity index (χ0v) is 29.8. The lowest BCUT2D eigenvalue weighted by molar-refractivity contribution is 0.122. The molecule has 2 aliphatic heterocycles.